The topological polar surface area (TPSA) is 35.2 Å². The molecule has 1 unspecified atom stereocenters. The Labute approximate surface area is 119 Å². The molecule has 2 rings (SSSR count). The first kappa shape index (κ1) is 13.9. The number of methoxy groups -OCH3 is 1. The highest BCUT2D eigenvalue weighted by molar-refractivity contribution is 6.30. The molecule has 0 fully saturated rings. The average molecular weight is 276 g/mol. The van der Waals surface area contributed by atoms with Crippen LogP contribution in [0, 0.1) is 6.92 Å². The van der Waals surface area contributed by atoms with E-state index >= 15 is 0 Å². The van der Waals surface area contributed by atoms with E-state index in [9.17, 15) is 0 Å². The summed E-state index contributed by atoms with van der Waals surface area (Å²) in [6.45, 7) is 4.03. The Balaban J connectivity index is 2.50. The molecule has 0 heterocycles. The van der Waals surface area contributed by atoms with E-state index in [2.05, 4.69) is 0 Å². The summed E-state index contributed by atoms with van der Waals surface area (Å²) < 4.78 is 5.23. The molecule has 0 saturated carbocycles. The summed E-state index contributed by atoms with van der Waals surface area (Å²) in [6, 6.07) is 13.6. The van der Waals surface area contributed by atoms with Gasteiger partial charge in [0, 0.05) is 5.02 Å². The highest BCUT2D eigenvalue weighted by Gasteiger charge is 2.25. The first-order valence-corrected chi connectivity index (χ1v) is 6.53. The number of rotatable bonds is 3. The minimum absolute atomic E-state index is 0.582. The summed E-state index contributed by atoms with van der Waals surface area (Å²) in [4.78, 5) is 0. The van der Waals surface area contributed by atoms with Crippen LogP contribution < -0.4 is 10.5 Å². The second kappa shape index (κ2) is 5.24. The van der Waals surface area contributed by atoms with Crippen LogP contribution in [0.25, 0.3) is 0 Å². The van der Waals surface area contributed by atoms with Crippen molar-refractivity contribution in [3.8, 4) is 5.75 Å². The Morgan fingerprint density at radius 1 is 1.16 bits per heavy atom. The molecular weight excluding hydrogens is 258 g/mol. The van der Waals surface area contributed by atoms with Crippen LogP contribution in [0.1, 0.15) is 23.6 Å². The van der Waals surface area contributed by atoms with Gasteiger partial charge in [-0.3, -0.25) is 0 Å². The molecule has 0 aliphatic carbocycles. The third kappa shape index (κ3) is 2.75. The van der Waals surface area contributed by atoms with E-state index in [-0.39, 0.29) is 0 Å². The number of hydrogen-bond acceptors (Lipinski definition) is 2. The minimum atomic E-state index is -0.582. The lowest BCUT2D eigenvalue weighted by Crippen LogP contribution is -2.35. The van der Waals surface area contributed by atoms with Crippen LogP contribution >= 0.6 is 11.6 Å². The van der Waals surface area contributed by atoms with Crippen LogP contribution in [-0.2, 0) is 5.54 Å². The van der Waals surface area contributed by atoms with Crippen molar-refractivity contribution in [2.24, 2.45) is 5.73 Å². The lowest BCUT2D eigenvalue weighted by Gasteiger charge is -2.28. The molecule has 0 spiro atoms. The van der Waals surface area contributed by atoms with E-state index < -0.39 is 5.54 Å². The Bertz CT molecular complexity index is 593. The SMILES string of the molecule is COc1ccc(C(C)(N)c2cccc(Cl)c2)c(C)c1. The number of hydrogen-bond donors (Lipinski definition) is 1. The van der Waals surface area contributed by atoms with Gasteiger partial charge in [-0.05, 0) is 54.8 Å². The number of nitrogens with two attached hydrogens (primary N) is 1. The molecule has 3 heteroatoms. The third-order valence-electron chi connectivity index (χ3n) is 3.42. The van der Waals surface area contributed by atoms with E-state index in [0.29, 0.717) is 5.02 Å². The fraction of sp³-hybridized carbons (Fsp3) is 0.250. The van der Waals surface area contributed by atoms with Crippen LogP contribution in [0.15, 0.2) is 42.5 Å². The van der Waals surface area contributed by atoms with Gasteiger partial charge in [-0.1, -0.05) is 29.8 Å². The van der Waals surface area contributed by atoms with E-state index in [1.54, 1.807) is 7.11 Å². The quantitative estimate of drug-likeness (QED) is 0.923. The van der Waals surface area contributed by atoms with Crippen molar-refractivity contribution < 1.29 is 4.74 Å². The zero-order chi connectivity index (χ0) is 14.0. The van der Waals surface area contributed by atoms with Gasteiger partial charge in [-0.25, -0.2) is 0 Å². The average Bonchev–Trinajstić information content (AvgIpc) is 2.38. The standard InChI is InChI=1S/C16H18ClNO/c1-11-9-14(19-3)7-8-15(11)16(2,18)12-5-4-6-13(17)10-12/h4-10H,18H2,1-3H3. The normalized spacial score (nSPS) is 13.9. The van der Waals surface area contributed by atoms with Crippen LogP contribution in [-0.4, -0.2) is 7.11 Å². The zero-order valence-corrected chi connectivity index (χ0v) is 12.2. The molecule has 0 radical (unpaired) electrons. The minimum Gasteiger partial charge on any atom is -0.497 e. The second-order valence-electron chi connectivity index (χ2n) is 4.89. The molecule has 0 aliphatic rings. The Kier molecular flexibility index (Phi) is 3.83. The number of benzene rings is 2. The Morgan fingerprint density at radius 2 is 1.89 bits per heavy atom. The van der Waals surface area contributed by atoms with Crippen LogP contribution in [0.3, 0.4) is 0 Å². The lowest BCUT2D eigenvalue weighted by atomic mass is 9.83. The summed E-state index contributed by atoms with van der Waals surface area (Å²) in [5.41, 5.74) is 9.10. The van der Waals surface area contributed by atoms with E-state index in [1.165, 1.54) is 0 Å². The predicted molar refractivity (Wildman–Crippen MR) is 79.8 cm³/mol. The van der Waals surface area contributed by atoms with E-state index in [4.69, 9.17) is 22.1 Å². The molecule has 2 N–H and O–H groups in total. The highest BCUT2D eigenvalue weighted by Crippen LogP contribution is 2.31. The maximum atomic E-state index is 6.52. The second-order valence-corrected chi connectivity index (χ2v) is 5.33. The largest absolute Gasteiger partial charge is 0.497 e. The molecule has 2 aromatic carbocycles. The number of aryl methyl sites for hydroxylation is 1. The fourth-order valence-electron chi connectivity index (χ4n) is 2.31. The molecule has 0 aromatic heterocycles. The smallest absolute Gasteiger partial charge is 0.119 e. The molecule has 0 amide bonds. The van der Waals surface area contributed by atoms with Crippen LogP contribution in [0.4, 0.5) is 0 Å². The van der Waals surface area contributed by atoms with Gasteiger partial charge in [0.2, 0.25) is 0 Å². The van der Waals surface area contributed by atoms with Gasteiger partial charge in [-0.15, -0.1) is 0 Å². The monoisotopic (exact) mass is 275 g/mol. The van der Waals surface area contributed by atoms with E-state index in [1.807, 2.05) is 56.3 Å². The molecule has 0 aliphatic heterocycles. The third-order valence-corrected chi connectivity index (χ3v) is 3.65. The molecule has 100 valence electrons. The van der Waals surface area contributed by atoms with Crippen molar-refractivity contribution in [1.29, 1.82) is 0 Å². The van der Waals surface area contributed by atoms with Crippen molar-refractivity contribution in [1.82, 2.24) is 0 Å². The Hall–Kier alpha value is -1.51. The van der Waals surface area contributed by atoms with E-state index in [0.717, 1.165) is 22.4 Å². The molecular formula is C16H18ClNO. The molecule has 2 aromatic rings. The first-order chi connectivity index (χ1) is 8.95. The molecule has 19 heavy (non-hydrogen) atoms. The van der Waals surface area contributed by atoms with Crippen molar-refractivity contribution in [3.05, 3.63) is 64.2 Å². The summed E-state index contributed by atoms with van der Waals surface area (Å²) in [5.74, 6) is 0.836. The van der Waals surface area contributed by atoms with Crippen molar-refractivity contribution >= 4 is 11.6 Å². The summed E-state index contributed by atoms with van der Waals surface area (Å²) in [6.07, 6.45) is 0. The lowest BCUT2D eigenvalue weighted by molar-refractivity contribution is 0.414. The maximum Gasteiger partial charge on any atom is 0.119 e. The van der Waals surface area contributed by atoms with Gasteiger partial charge in [0.25, 0.3) is 0 Å². The van der Waals surface area contributed by atoms with Crippen molar-refractivity contribution in [3.63, 3.8) is 0 Å². The van der Waals surface area contributed by atoms with Gasteiger partial charge < -0.3 is 10.5 Å². The van der Waals surface area contributed by atoms with Gasteiger partial charge in [0.1, 0.15) is 5.75 Å². The fourth-order valence-corrected chi connectivity index (χ4v) is 2.50. The summed E-state index contributed by atoms with van der Waals surface area (Å²) >= 11 is 6.05. The number of halogens is 1. The van der Waals surface area contributed by atoms with Crippen LogP contribution in [0.2, 0.25) is 5.02 Å². The molecule has 1 atom stereocenters. The maximum absolute atomic E-state index is 6.52. The molecule has 2 nitrogen and oxygen atoms in total. The van der Waals surface area contributed by atoms with Gasteiger partial charge >= 0.3 is 0 Å². The molecule has 0 saturated heterocycles. The van der Waals surface area contributed by atoms with Crippen molar-refractivity contribution in [2.45, 2.75) is 19.4 Å². The number of ether oxygens (including phenoxy) is 1. The first-order valence-electron chi connectivity index (χ1n) is 6.15. The summed E-state index contributed by atoms with van der Waals surface area (Å²) in [7, 11) is 1.66. The molecule has 0 bridgehead atoms. The zero-order valence-electron chi connectivity index (χ0n) is 11.4. The van der Waals surface area contributed by atoms with Gasteiger partial charge in [0.05, 0.1) is 12.6 Å². The van der Waals surface area contributed by atoms with Crippen molar-refractivity contribution in [2.75, 3.05) is 7.11 Å². The highest BCUT2D eigenvalue weighted by atomic mass is 35.5. The van der Waals surface area contributed by atoms with Gasteiger partial charge in [0.15, 0.2) is 0 Å². The van der Waals surface area contributed by atoms with Crippen LogP contribution in [0.5, 0.6) is 5.75 Å². The predicted octanol–water partition coefficient (Wildman–Crippen LogP) is 3.88. The van der Waals surface area contributed by atoms with Gasteiger partial charge in [-0.2, -0.15) is 0 Å². The summed E-state index contributed by atoms with van der Waals surface area (Å²) in [5, 5.41) is 0.695. The Morgan fingerprint density at radius 3 is 2.47 bits per heavy atom.